The van der Waals surface area contributed by atoms with E-state index in [4.69, 9.17) is 15.1 Å². The molecule has 1 fully saturated rings. The zero-order chi connectivity index (χ0) is 24.0. The normalized spacial score (nSPS) is 18.5. The lowest BCUT2D eigenvalue weighted by Gasteiger charge is -2.38. The largest absolute Gasteiger partial charge is 0.354 e. The number of anilines is 2. The van der Waals surface area contributed by atoms with E-state index in [1.54, 1.807) is 0 Å². The van der Waals surface area contributed by atoms with Crippen LogP contribution in [0.5, 0.6) is 0 Å². The number of fused-ring (bicyclic) bond motifs is 1. The van der Waals surface area contributed by atoms with Gasteiger partial charge in [-0.25, -0.2) is 9.97 Å². The number of rotatable bonds is 4. The Morgan fingerprint density at radius 2 is 1.79 bits per heavy atom. The van der Waals surface area contributed by atoms with Gasteiger partial charge >= 0.3 is 0 Å². The first-order chi connectivity index (χ1) is 16.3. The third-order valence-corrected chi connectivity index (χ3v) is 7.61. The molecule has 3 aromatic rings. The molecule has 0 unspecified atom stereocenters. The number of benzene rings is 1. The summed E-state index contributed by atoms with van der Waals surface area (Å²) in [4.78, 5) is 15.5. The minimum Gasteiger partial charge on any atom is -0.354 e. The van der Waals surface area contributed by atoms with Crippen molar-refractivity contribution in [3.63, 3.8) is 0 Å². The summed E-state index contributed by atoms with van der Waals surface area (Å²) in [6.07, 6.45) is 4.67. The fraction of sp³-hybridized carbons (Fsp3) is 0.536. The molecule has 4 heterocycles. The summed E-state index contributed by atoms with van der Waals surface area (Å²) < 4.78 is 2.04. The summed E-state index contributed by atoms with van der Waals surface area (Å²) in [5.41, 5.74) is 7.32. The predicted molar refractivity (Wildman–Crippen MR) is 140 cm³/mol. The molecular formula is C28H38N6. The van der Waals surface area contributed by atoms with Gasteiger partial charge in [-0.2, -0.15) is 5.10 Å². The van der Waals surface area contributed by atoms with Gasteiger partial charge in [0, 0.05) is 56.3 Å². The molecule has 0 spiro atoms. The third kappa shape index (κ3) is 4.08. The van der Waals surface area contributed by atoms with Gasteiger partial charge in [0.15, 0.2) is 5.82 Å². The second-order valence-corrected chi connectivity index (χ2v) is 10.5. The minimum absolute atomic E-state index is 0.421. The number of hydrogen-bond acceptors (Lipinski definition) is 5. The van der Waals surface area contributed by atoms with Crippen LogP contribution in [-0.4, -0.2) is 38.9 Å². The summed E-state index contributed by atoms with van der Waals surface area (Å²) in [5.74, 6) is 3.64. The van der Waals surface area contributed by atoms with Gasteiger partial charge in [0.1, 0.15) is 11.6 Å². The molecule has 0 radical (unpaired) electrons. The summed E-state index contributed by atoms with van der Waals surface area (Å²) in [7, 11) is 2.06. The van der Waals surface area contributed by atoms with Gasteiger partial charge in [-0.3, -0.25) is 4.68 Å². The molecule has 6 heteroatoms. The first-order valence-electron chi connectivity index (χ1n) is 12.9. The van der Waals surface area contributed by atoms with E-state index < -0.39 is 0 Å². The molecule has 34 heavy (non-hydrogen) atoms. The number of nitrogens with zero attached hydrogens (tertiary/aromatic N) is 6. The molecule has 0 N–H and O–H groups in total. The van der Waals surface area contributed by atoms with Crippen LogP contribution in [0.2, 0.25) is 0 Å². The van der Waals surface area contributed by atoms with E-state index in [0.717, 1.165) is 43.4 Å². The van der Waals surface area contributed by atoms with Crippen LogP contribution < -0.4 is 9.80 Å². The lowest BCUT2D eigenvalue weighted by atomic mass is 9.98. The molecule has 6 nitrogen and oxygen atoms in total. The molecule has 180 valence electrons. The Morgan fingerprint density at radius 3 is 2.47 bits per heavy atom. The van der Waals surface area contributed by atoms with Crippen LogP contribution in [0, 0.1) is 13.8 Å². The van der Waals surface area contributed by atoms with Gasteiger partial charge in [0.25, 0.3) is 0 Å². The van der Waals surface area contributed by atoms with Crippen LogP contribution in [0.3, 0.4) is 0 Å². The van der Waals surface area contributed by atoms with Crippen LogP contribution in [0.15, 0.2) is 24.3 Å². The highest BCUT2D eigenvalue weighted by Gasteiger charge is 2.30. The van der Waals surface area contributed by atoms with E-state index in [2.05, 4.69) is 75.7 Å². The Labute approximate surface area is 204 Å². The fourth-order valence-electron chi connectivity index (χ4n) is 5.58. The van der Waals surface area contributed by atoms with Gasteiger partial charge in [-0.1, -0.05) is 32.0 Å². The van der Waals surface area contributed by atoms with Crippen LogP contribution in [-0.2, 0) is 20.0 Å². The summed E-state index contributed by atoms with van der Waals surface area (Å²) in [5, 5.41) is 4.77. The van der Waals surface area contributed by atoms with Gasteiger partial charge in [0.05, 0.1) is 11.4 Å². The fourth-order valence-corrected chi connectivity index (χ4v) is 5.58. The van der Waals surface area contributed by atoms with Crippen molar-refractivity contribution in [2.75, 3.05) is 22.9 Å². The van der Waals surface area contributed by atoms with E-state index in [-0.39, 0.29) is 0 Å². The number of aryl methyl sites for hydroxylation is 3. The Kier molecular flexibility index (Phi) is 6.09. The predicted octanol–water partition coefficient (Wildman–Crippen LogP) is 5.56. The zero-order valence-corrected chi connectivity index (χ0v) is 21.6. The second-order valence-electron chi connectivity index (χ2n) is 10.5. The summed E-state index contributed by atoms with van der Waals surface area (Å²) in [6, 6.07) is 9.22. The SMILES string of the molecule is Cc1cccc(C)c1-c1nc2c(c(N3CCCC[C@@H]3C)n1)CN(c1cc(C(C)C)nn1C)CC2. The average Bonchev–Trinajstić information content (AvgIpc) is 3.20. The molecule has 1 aromatic carbocycles. The highest BCUT2D eigenvalue weighted by Crippen LogP contribution is 2.36. The molecule has 0 bridgehead atoms. The topological polar surface area (TPSA) is 50.1 Å². The number of piperidine rings is 1. The molecule has 0 amide bonds. The third-order valence-electron chi connectivity index (χ3n) is 7.61. The first kappa shape index (κ1) is 22.9. The molecule has 1 saturated heterocycles. The van der Waals surface area contributed by atoms with Crippen molar-refractivity contribution in [1.29, 1.82) is 0 Å². The molecule has 0 saturated carbocycles. The Hall–Kier alpha value is -2.89. The van der Waals surface area contributed by atoms with E-state index >= 15 is 0 Å². The van der Waals surface area contributed by atoms with Crippen molar-refractivity contribution in [3.8, 4) is 11.4 Å². The zero-order valence-electron chi connectivity index (χ0n) is 21.6. The van der Waals surface area contributed by atoms with E-state index in [1.807, 2.05) is 4.68 Å². The number of hydrogen-bond donors (Lipinski definition) is 0. The van der Waals surface area contributed by atoms with Crippen LogP contribution in [0.1, 0.15) is 74.0 Å². The average molecular weight is 459 g/mol. The van der Waals surface area contributed by atoms with Crippen LogP contribution in [0.25, 0.3) is 11.4 Å². The van der Waals surface area contributed by atoms with Gasteiger partial charge in [-0.15, -0.1) is 0 Å². The van der Waals surface area contributed by atoms with Crippen molar-refractivity contribution in [2.45, 2.75) is 78.8 Å². The second kappa shape index (κ2) is 9.05. The highest BCUT2D eigenvalue weighted by molar-refractivity contribution is 5.68. The van der Waals surface area contributed by atoms with E-state index in [9.17, 15) is 0 Å². The molecule has 0 aliphatic carbocycles. The van der Waals surface area contributed by atoms with Crippen molar-refractivity contribution in [1.82, 2.24) is 19.7 Å². The van der Waals surface area contributed by atoms with E-state index in [0.29, 0.717) is 12.0 Å². The van der Waals surface area contributed by atoms with Crippen LogP contribution >= 0.6 is 0 Å². The number of aromatic nitrogens is 4. The standard InChI is InChI=1S/C28H38N6/c1-18(2)24-16-25(32(6)31-24)33-15-13-23-22(17-33)28(34-14-8-7-12-21(34)5)30-27(29-23)26-19(3)10-9-11-20(26)4/h9-11,16,18,21H,7-8,12-15,17H2,1-6H3/t21-/m0/s1. The maximum absolute atomic E-state index is 5.30. The lowest BCUT2D eigenvalue weighted by Crippen LogP contribution is -2.41. The first-order valence-corrected chi connectivity index (χ1v) is 12.9. The monoisotopic (exact) mass is 458 g/mol. The Balaban J connectivity index is 1.61. The highest BCUT2D eigenvalue weighted by atomic mass is 15.4. The molecule has 1 atom stereocenters. The minimum atomic E-state index is 0.421. The maximum Gasteiger partial charge on any atom is 0.162 e. The molecule has 2 aliphatic rings. The summed E-state index contributed by atoms with van der Waals surface area (Å²) >= 11 is 0. The quantitative estimate of drug-likeness (QED) is 0.512. The lowest BCUT2D eigenvalue weighted by molar-refractivity contribution is 0.478. The summed E-state index contributed by atoms with van der Waals surface area (Å²) in [6.45, 7) is 14.0. The van der Waals surface area contributed by atoms with Gasteiger partial charge in [0.2, 0.25) is 0 Å². The van der Waals surface area contributed by atoms with E-state index in [1.165, 1.54) is 53.0 Å². The van der Waals surface area contributed by atoms with Crippen molar-refractivity contribution >= 4 is 11.6 Å². The molecule has 5 rings (SSSR count). The maximum atomic E-state index is 5.30. The Bertz CT molecular complexity index is 1170. The molecule has 2 aliphatic heterocycles. The van der Waals surface area contributed by atoms with Crippen molar-refractivity contribution in [2.24, 2.45) is 7.05 Å². The van der Waals surface area contributed by atoms with Crippen molar-refractivity contribution in [3.05, 3.63) is 52.3 Å². The van der Waals surface area contributed by atoms with Crippen LogP contribution in [0.4, 0.5) is 11.6 Å². The molecular weight excluding hydrogens is 420 g/mol. The van der Waals surface area contributed by atoms with Gasteiger partial charge in [-0.05, 0) is 57.1 Å². The van der Waals surface area contributed by atoms with Gasteiger partial charge < -0.3 is 9.80 Å². The smallest absolute Gasteiger partial charge is 0.162 e. The van der Waals surface area contributed by atoms with Crippen molar-refractivity contribution < 1.29 is 0 Å². The Morgan fingerprint density at radius 1 is 1.03 bits per heavy atom. The molecule has 2 aromatic heterocycles.